The van der Waals surface area contributed by atoms with Crippen LogP contribution < -0.4 is 5.32 Å². The Hall–Kier alpha value is -1.66. The molecule has 1 aliphatic carbocycles. The summed E-state index contributed by atoms with van der Waals surface area (Å²) in [5, 5.41) is 3.01. The molecule has 0 saturated carbocycles. The number of sulfonamides is 1. The molecular weight excluding hydrogens is 348 g/mol. The minimum Gasteiger partial charge on any atom is -0.356 e. The molecule has 0 bridgehead atoms. The van der Waals surface area contributed by atoms with Crippen LogP contribution in [0, 0.1) is 5.92 Å². The van der Waals surface area contributed by atoms with Gasteiger partial charge in [0.25, 0.3) is 0 Å². The number of rotatable bonds is 6. The number of amides is 1. The molecule has 1 amide bonds. The van der Waals surface area contributed by atoms with Gasteiger partial charge in [-0.05, 0) is 57.1 Å². The molecule has 1 saturated heterocycles. The van der Waals surface area contributed by atoms with Crippen molar-refractivity contribution < 1.29 is 13.2 Å². The van der Waals surface area contributed by atoms with Crippen LogP contribution in [0.3, 0.4) is 0 Å². The van der Waals surface area contributed by atoms with Crippen LogP contribution in [0.2, 0.25) is 0 Å². The Kier molecular flexibility index (Phi) is 6.48. The van der Waals surface area contributed by atoms with Gasteiger partial charge in [0.05, 0.1) is 10.8 Å². The second-order valence-corrected chi connectivity index (χ2v) is 9.10. The maximum atomic E-state index is 12.8. The summed E-state index contributed by atoms with van der Waals surface area (Å²) in [4.78, 5) is 12.8. The summed E-state index contributed by atoms with van der Waals surface area (Å²) in [6.07, 6.45) is 9.47. The van der Waals surface area contributed by atoms with E-state index in [-0.39, 0.29) is 18.4 Å². The zero-order valence-electron chi connectivity index (χ0n) is 15.2. The molecule has 142 valence electrons. The lowest BCUT2D eigenvalue weighted by atomic mass is 9.96. The van der Waals surface area contributed by atoms with Crippen molar-refractivity contribution in [1.82, 2.24) is 9.62 Å². The zero-order valence-corrected chi connectivity index (χ0v) is 16.0. The first-order chi connectivity index (χ1) is 12.6. The maximum Gasteiger partial charge on any atom is 0.243 e. The molecule has 1 aromatic rings. The summed E-state index contributed by atoms with van der Waals surface area (Å²) in [7, 11) is -3.52. The van der Waals surface area contributed by atoms with Gasteiger partial charge < -0.3 is 5.32 Å². The van der Waals surface area contributed by atoms with Crippen LogP contribution in [0.4, 0.5) is 0 Å². The number of carbonyl (C=O) groups is 1. The Labute approximate surface area is 156 Å². The fraction of sp³-hybridized carbons (Fsp3) is 0.550. The number of nitrogens with one attached hydrogen (secondary N) is 1. The molecule has 1 N–H and O–H groups in total. The molecule has 26 heavy (non-hydrogen) atoms. The van der Waals surface area contributed by atoms with E-state index >= 15 is 0 Å². The van der Waals surface area contributed by atoms with Gasteiger partial charge in [-0.3, -0.25) is 4.79 Å². The van der Waals surface area contributed by atoms with Gasteiger partial charge in [-0.1, -0.05) is 29.8 Å². The topological polar surface area (TPSA) is 66.5 Å². The van der Waals surface area contributed by atoms with Gasteiger partial charge in [0.2, 0.25) is 15.9 Å². The molecular formula is C20H28N2O3S. The van der Waals surface area contributed by atoms with Crippen molar-refractivity contribution in [2.24, 2.45) is 5.92 Å². The van der Waals surface area contributed by atoms with E-state index in [1.807, 2.05) is 0 Å². The maximum absolute atomic E-state index is 12.8. The van der Waals surface area contributed by atoms with E-state index in [2.05, 4.69) is 11.4 Å². The molecule has 0 unspecified atom stereocenters. The summed E-state index contributed by atoms with van der Waals surface area (Å²) in [5.74, 6) is -0.281. The Bertz CT molecular complexity index is 744. The van der Waals surface area contributed by atoms with E-state index < -0.39 is 10.0 Å². The summed E-state index contributed by atoms with van der Waals surface area (Å²) in [6.45, 7) is 1.40. The first kappa shape index (κ1) is 19.1. The highest BCUT2D eigenvalue weighted by Crippen LogP contribution is 2.24. The van der Waals surface area contributed by atoms with Gasteiger partial charge in [-0.25, -0.2) is 8.42 Å². The van der Waals surface area contributed by atoms with Crippen molar-refractivity contribution in [1.29, 1.82) is 0 Å². The van der Waals surface area contributed by atoms with Gasteiger partial charge in [0.1, 0.15) is 0 Å². The number of piperidine rings is 1. The quantitative estimate of drug-likeness (QED) is 0.776. The van der Waals surface area contributed by atoms with E-state index in [0.29, 0.717) is 18.0 Å². The predicted molar refractivity (Wildman–Crippen MR) is 102 cm³/mol. The van der Waals surface area contributed by atoms with Crippen LogP contribution in [0.5, 0.6) is 0 Å². The van der Waals surface area contributed by atoms with Gasteiger partial charge in [-0.2, -0.15) is 4.31 Å². The first-order valence-corrected chi connectivity index (χ1v) is 11.0. The smallest absolute Gasteiger partial charge is 0.243 e. The highest BCUT2D eigenvalue weighted by molar-refractivity contribution is 7.89. The number of nitrogens with zero attached hydrogens (tertiary/aromatic N) is 1. The largest absolute Gasteiger partial charge is 0.356 e. The van der Waals surface area contributed by atoms with Crippen molar-refractivity contribution in [2.45, 2.75) is 49.8 Å². The van der Waals surface area contributed by atoms with Crippen molar-refractivity contribution in [3.63, 3.8) is 0 Å². The average molecular weight is 377 g/mol. The van der Waals surface area contributed by atoms with Crippen LogP contribution >= 0.6 is 0 Å². The molecule has 3 rings (SSSR count). The second-order valence-electron chi connectivity index (χ2n) is 7.16. The third-order valence-electron chi connectivity index (χ3n) is 5.27. The molecule has 1 heterocycles. The van der Waals surface area contributed by atoms with E-state index in [1.54, 1.807) is 30.3 Å². The second kappa shape index (κ2) is 8.82. The van der Waals surface area contributed by atoms with Gasteiger partial charge in [0.15, 0.2) is 0 Å². The van der Waals surface area contributed by atoms with Crippen LogP contribution in [-0.4, -0.2) is 38.3 Å². The lowest BCUT2D eigenvalue weighted by molar-refractivity contribution is -0.126. The van der Waals surface area contributed by atoms with E-state index in [0.717, 1.165) is 32.1 Å². The number of hydrogen-bond donors (Lipinski definition) is 1. The predicted octanol–water partition coefficient (Wildman–Crippen LogP) is 3.09. The van der Waals surface area contributed by atoms with Crippen molar-refractivity contribution in [3.05, 3.63) is 42.0 Å². The molecule has 1 aliphatic heterocycles. The highest BCUT2D eigenvalue weighted by Gasteiger charge is 2.33. The Morgan fingerprint density at radius 2 is 1.96 bits per heavy atom. The molecule has 5 nitrogen and oxygen atoms in total. The Morgan fingerprint density at radius 1 is 1.15 bits per heavy atom. The van der Waals surface area contributed by atoms with E-state index in [9.17, 15) is 13.2 Å². The first-order valence-electron chi connectivity index (χ1n) is 9.58. The van der Waals surface area contributed by atoms with Crippen molar-refractivity contribution >= 4 is 15.9 Å². The summed E-state index contributed by atoms with van der Waals surface area (Å²) in [6, 6.07) is 8.46. The summed E-state index contributed by atoms with van der Waals surface area (Å²) >= 11 is 0. The number of hydrogen-bond acceptors (Lipinski definition) is 3. The normalized spacial score (nSPS) is 21.8. The van der Waals surface area contributed by atoms with Gasteiger partial charge in [-0.15, -0.1) is 0 Å². The monoisotopic (exact) mass is 376 g/mol. The lowest BCUT2D eigenvalue weighted by Crippen LogP contribution is -2.45. The molecule has 0 spiro atoms. The third-order valence-corrected chi connectivity index (χ3v) is 7.15. The minimum atomic E-state index is -3.52. The zero-order chi connectivity index (χ0) is 18.4. The van der Waals surface area contributed by atoms with Crippen molar-refractivity contribution in [2.75, 3.05) is 19.6 Å². The summed E-state index contributed by atoms with van der Waals surface area (Å²) < 4.78 is 27.0. The molecule has 0 radical (unpaired) electrons. The molecule has 1 fully saturated rings. The van der Waals surface area contributed by atoms with E-state index in [1.165, 1.54) is 22.7 Å². The minimum absolute atomic E-state index is 0.0191. The molecule has 1 aromatic carbocycles. The molecule has 0 aromatic heterocycles. The number of benzene rings is 1. The fourth-order valence-corrected chi connectivity index (χ4v) is 5.28. The highest BCUT2D eigenvalue weighted by atomic mass is 32.2. The summed E-state index contributed by atoms with van der Waals surface area (Å²) in [5.41, 5.74) is 1.44. The van der Waals surface area contributed by atoms with Crippen LogP contribution in [0.25, 0.3) is 0 Å². The standard InChI is InChI=1S/C20H28N2O3S/c23-20(21-14-13-17-8-3-1-4-9-17)18-10-7-15-22(16-18)26(24,25)19-11-5-2-6-12-19/h2,5-6,8,11-12,18H,1,3-4,7,9-10,13-16H2,(H,21,23)/t18-/m0/s1. The SMILES string of the molecule is O=C(NCCC1=CCCCC1)[C@H]1CCCN(S(=O)(=O)c2ccccc2)C1. The van der Waals surface area contributed by atoms with Gasteiger partial charge >= 0.3 is 0 Å². The molecule has 1 atom stereocenters. The van der Waals surface area contributed by atoms with E-state index in [4.69, 9.17) is 0 Å². The molecule has 6 heteroatoms. The molecule has 2 aliphatic rings. The fourth-order valence-electron chi connectivity index (χ4n) is 3.74. The van der Waals surface area contributed by atoms with Crippen LogP contribution in [-0.2, 0) is 14.8 Å². The Balaban J connectivity index is 1.54. The van der Waals surface area contributed by atoms with Gasteiger partial charge in [0, 0.05) is 19.6 Å². The number of allylic oxidation sites excluding steroid dienone is 1. The van der Waals surface area contributed by atoms with Crippen LogP contribution in [0.15, 0.2) is 46.9 Å². The number of carbonyl (C=O) groups excluding carboxylic acids is 1. The third kappa shape index (κ3) is 4.74. The van der Waals surface area contributed by atoms with Crippen LogP contribution in [0.1, 0.15) is 44.9 Å². The average Bonchev–Trinajstić information content (AvgIpc) is 2.69. The van der Waals surface area contributed by atoms with Crippen molar-refractivity contribution in [3.8, 4) is 0 Å². The lowest BCUT2D eigenvalue weighted by Gasteiger charge is -2.31. The Morgan fingerprint density at radius 3 is 2.69 bits per heavy atom.